The topological polar surface area (TPSA) is 50.9 Å². The summed E-state index contributed by atoms with van der Waals surface area (Å²) in [6.45, 7) is 1.46. The summed E-state index contributed by atoms with van der Waals surface area (Å²) in [6, 6.07) is 4.73. The molecule has 1 fully saturated rings. The number of nitrogens with one attached hydrogen (secondary N) is 2. The van der Waals surface area contributed by atoms with Gasteiger partial charge in [-0.2, -0.15) is 13.2 Å². The molecule has 0 saturated carbocycles. The molecule has 0 aromatic heterocycles. The van der Waals surface area contributed by atoms with E-state index in [0.717, 1.165) is 27.0 Å². The zero-order chi connectivity index (χ0) is 21.0. The molecule has 1 unspecified atom stereocenters. The normalized spacial score (nSPS) is 23.4. The van der Waals surface area contributed by atoms with Crippen LogP contribution in [0.25, 0.3) is 0 Å². The van der Waals surface area contributed by atoms with Gasteiger partial charge in [0, 0.05) is 36.7 Å². The molecule has 4 heterocycles. The summed E-state index contributed by atoms with van der Waals surface area (Å²) in [4.78, 5) is 16.9. The van der Waals surface area contributed by atoms with E-state index in [1.165, 1.54) is 17.0 Å². The van der Waals surface area contributed by atoms with Crippen LogP contribution in [-0.4, -0.2) is 41.6 Å². The van der Waals surface area contributed by atoms with Gasteiger partial charge in [-0.25, -0.2) is 5.43 Å². The monoisotopic (exact) mass is 527 g/mol. The average molecular weight is 527 g/mol. The summed E-state index contributed by atoms with van der Waals surface area (Å²) in [7, 11) is 0. The molecule has 4 aliphatic heterocycles. The number of rotatable bonds is 2. The molecule has 2 N–H and O–H groups in total. The first-order valence-electron chi connectivity index (χ1n) is 9.37. The second kappa shape index (κ2) is 7.05. The van der Waals surface area contributed by atoms with Crippen molar-refractivity contribution < 1.29 is 18.0 Å². The number of hydrogen-bond donors (Lipinski definition) is 2. The maximum Gasteiger partial charge on any atom is 0.416 e. The molecule has 1 saturated heterocycles. The highest BCUT2D eigenvalue weighted by atomic mass is 127. The number of fused-ring (bicyclic) bond motifs is 2. The highest BCUT2D eigenvalue weighted by Gasteiger charge is 2.38. The first kappa shape index (κ1) is 19.5. The summed E-state index contributed by atoms with van der Waals surface area (Å²) >= 11 is 2.25. The molecular formula is C20H17F3IN5O. The van der Waals surface area contributed by atoms with Crippen LogP contribution in [0.4, 0.5) is 18.9 Å². The molecule has 5 rings (SSSR count). The zero-order valence-corrected chi connectivity index (χ0v) is 17.7. The van der Waals surface area contributed by atoms with E-state index in [1.807, 2.05) is 29.6 Å². The minimum Gasteiger partial charge on any atom is -0.366 e. The molecule has 30 heavy (non-hydrogen) atoms. The van der Waals surface area contributed by atoms with Gasteiger partial charge in [0.25, 0.3) is 5.91 Å². The number of benzene rings is 1. The number of halogens is 4. The third-order valence-corrected chi connectivity index (χ3v) is 6.38. The second-order valence-electron chi connectivity index (χ2n) is 7.24. The van der Waals surface area contributed by atoms with Crippen molar-refractivity contribution in [3.05, 3.63) is 74.9 Å². The number of carbonyl (C=O) groups is 1. The number of anilines is 1. The molecule has 1 aromatic carbocycles. The van der Waals surface area contributed by atoms with E-state index in [1.54, 1.807) is 0 Å². The van der Waals surface area contributed by atoms with E-state index < -0.39 is 11.7 Å². The Hall–Kier alpha value is -2.47. The summed E-state index contributed by atoms with van der Waals surface area (Å²) in [5, 5.41) is 5.09. The predicted octanol–water partition coefficient (Wildman–Crippen LogP) is 3.05. The Kier molecular flexibility index (Phi) is 4.58. The molecule has 0 radical (unpaired) electrons. The summed E-state index contributed by atoms with van der Waals surface area (Å²) < 4.78 is 39.6. The van der Waals surface area contributed by atoms with Crippen molar-refractivity contribution in [3.8, 4) is 0 Å². The Morgan fingerprint density at radius 2 is 1.90 bits per heavy atom. The van der Waals surface area contributed by atoms with Crippen LogP contribution in [0.2, 0.25) is 0 Å². The Morgan fingerprint density at radius 1 is 1.13 bits per heavy atom. The van der Waals surface area contributed by atoms with Crippen molar-refractivity contribution in [1.82, 2.24) is 20.7 Å². The van der Waals surface area contributed by atoms with Gasteiger partial charge in [0.2, 0.25) is 0 Å². The van der Waals surface area contributed by atoms with Crippen LogP contribution < -0.4 is 15.6 Å². The largest absolute Gasteiger partial charge is 0.416 e. The van der Waals surface area contributed by atoms with Crippen LogP contribution >= 0.6 is 22.6 Å². The van der Waals surface area contributed by atoms with E-state index in [9.17, 15) is 18.0 Å². The molecule has 4 aliphatic rings. The van der Waals surface area contributed by atoms with Crippen molar-refractivity contribution >= 4 is 34.2 Å². The van der Waals surface area contributed by atoms with Crippen molar-refractivity contribution in [2.24, 2.45) is 0 Å². The van der Waals surface area contributed by atoms with Gasteiger partial charge in [0.1, 0.15) is 11.9 Å². The Labute approximate surface area is 184 Å². The van der Waals surface area contributed by atoms with Crippen LogP contribution in [0.1, 0.15) is 5.56 Å². The fourth-order valence-corrected chi connectivity index (χ4v) is 4.60. The number of nitrogens with zero attached hydrogens (tertiary/aromatic N) is 3. The van der Waals surface area contributed by atoms with Gasteiger partial charge >= 0.3 is 6.18 Å². The maximum absolute atomic E-state index is 13.3. The van der Waals surface area contributed by atoms with E-state index in [2.05, 4.69) is 38.2 Å². The van der Waals surface area contributed by atoms with Crippen LogP contribution in [0.5, 0.6) is 0 Å². The molecule has 0 spiro atoms. The lowest BCUT2D eigenvalue weighted by Crippen LogP contribution is -2.50. The van der Waals surface area contributed by atoms with Gasteiger partial charge in [-0.3, -0.25) is 4.79 Å². The van der Waals surface area contributed by atoms with Crippen LogP contribution in [0.3, 0.4) is 0 Å². The van der Waals surface area contributed by atoms with Gasteiger partial charge in [0.15, 0.2) is 0 Å². The first-order chi connectivity index (χ1) is 14.3. The number of piperazine rings is 1. The van der Waals surface area contributed by atoms with Crippen molar-refractivity contribution in [3.63, 3.8) is 0 Å². The van der Waals surface area contributed by atoms with E-state index >= 15 is 0 Å². The standard InChI is InChI=1S/C20H17F3IN5O/c21-20(22,23)13-2-4-14(5-3-13)27-7-8-29-18(19(27)30)15(9-26-29)12-1-6-17-25-10-16(24)28(17)11-12/h1-6,10-11,17,25-26H,7-9H2. The third kappa shape index (κ3) is 3.18. The van der Waals surface area contributed by atoms with E-state index in [0.29, 0.717) is 31.0 Å². The number of amides is 1. The van der Waals surface area contributed by atoms with Gasteiger partial charge in [-0.15, -0.1) is 0 Å². The van der Waals surface area contributed by atoms with Gasteiger partial charge in [-0.05, 0) is 58.5 Å². The number of hydrogen-bond acceptors (Lipinski definition) is 5. The quantitative estimate of drug-likeness (QED) is 0.458. The second-order valence-corrected chi connectivity index (χ2v) is 8.35. The molecule has 1 aromatic rings. The minimum atomic E-state index is -4.40. The molecule has 0 aliphatic carbocycles. The summed E-state index contributed by atoms with van der Waals surface area (Å²) in [6.07, 6.45) is 3.65. The molecular weight excluding hydrogens is 510 g/mol. The SMILES string of the molecule is O=C1C2=C(C3=CN4C(I)=CNC4C=C3)CNN2CCN1c1ccc(C(F)(F)F)cc1. The molecule has 0 bridgehead atoms. The van der Waals surface area contributed by atoms with Crippen molar-refractivity contribution in [2.45, 2.75) is 12.3 Å². The molecule has 10 heteroatoms. The van der Waals surface area contributed by atoms with Gasteiger partial charge < -0.3 is 20.1 Å². The number of alkyl halides is 3. The maximum atomic E-state index is 13.3. The summed E-state index contributed by atoms with van der Waals surface area (Å²) in [5.74, 6) is -0.220. The van der Waals surface area contributed by atoms with Gasteiger partial charge in [0.05, 0.1) is 15.8 Å². The predicted molar refractivity (Wildman–Crippen MR) is 114 cm³/mol. The fraction of sp³-hybridized carbons (Fsp3) is 0.250. The lowest BCUT2D eigenvalue weighted by molar-refractivity contribution is -0.137. The first-order valence-corrected chi connectivity index (χ1v) is 10.4. The Bertz CT molecular complexity index is 1030. The molecule has 1 amide bonds. The highest BCUT2D eigenvalue weighted by molar-refractivity contribution is 14.1. The number of allylic oxidation sites excluding steroid dienone is 1. The van der Waals surface area contributed by atoms with Crippen LogP contribution in [-0.2, 0) is 11.0 Å². The smallest absolute Gasteiger partial charge is 0.366 e. The van der Waals surface area contributed by atoms with Gasteiger partial charge in [-0.1, -0.05) is 6.08 Å². The summed E-state index contributed by atoms with van der Waals surface area (Å²) in [5.41, 5.74) is 5.33. The Morgan fingerprint density at radius 3 is 2.63 bits per heavy atom. The number of carbonyl (C=O) groups excluding carboxylic acids is 1. The fourth-order valence-electron chi connectivity index (χ4n) is 3.98. The zero-order valence-electron chi connectivity index (χ0n) is 15.6. The third-order valence-electron chi connectivity index (χ3n) is 5.51. The van der Waals surface area contributed by atoms with E-state index in [4.69, 9.17) is 0 Å². The number of hydrazine groups is 1. The highest BCUT2D eigenvalue weighted by Crippen LogP contribution is 2.35. The molecule has 156 valence electrons. The average Bonchev–Trinajstić information content (AvgIpc) is 3.32. The Balaban J connectivity index is 1.46. The lowest BCUT2D eigenvalue weighted by Gasteiger charge is -2.35. The van der Waals surface area contributed by atoms with Crippen molar-refractivity contribution in [2.75, 3.05) is 24.5 Å². The van der Waals surface area contributed by atoms with E-state index in [-0.39, 0.29) is 12.1 Å². The van der Waals surface area contributed by atoms with Crippen LogP contribution in [0.15, 0.2) is 69.4 Å². The molecule has 1 atom stereocenters. The van der Waals surface area contributed by atoms with Crippen LogP contribution in [0, 0.1) is 0 Å². The lowest BCUT2D eigenvalue weighted by atomic mass is 10.0. The minimum absolute atomic E-state index is 0.0717. The van der Waals surface area contributed by atoms with Crippen molar-refractivity contribution in [1.29, 1.82) is 0 Å². The molecule has 6 nitrogen and oxygen atoms in total.